The van der Waals surface area contributed by atoms with E-state index in [2.05, 4.69) is 67.1 Å². The summed E-state index contributed by atoms with van der Waals surface area (Å²) >= 11 is 0. The van der Waals surface area contributed by atoms with Gasteiger partial charge in [-0.1, -0.05) is 56.7 Å². The number of aryl methyl sites for hydroxylation is 2. The minimum Gasteiger partial charge on any atom is -0.342 e. The standard InChI is InChI=1S/C15H14N2.C3H8.H2/c1-10-7-8-14(15-9-16-11(2)17-15)13-6-4-3-5-12(10)13;1-3-2;/h3-9H,1-2H3,(H,16,17);3H2,1-2H3;1H. The Balaban J connectivity index is 0.000000510. The van der Waals surface area contributed by atoms with Gasteiger partial charge >= 0.3 is 0 Å². The largest absolute Gasteiger partial charge is 0.342 e. The first-order valence-electron chi connectivity index (χ1n) is 7.17. The number of nitrogens with zero attached hydrogens (tertiary/aromatic N) is 1. The number of nitrogens with one attached hydrogen (secondary N) is 1. The van der Waals surface area contributed by atoms with Gasteiger partial charge in [0, 0.05) is 6.99 Å². The first-order valence-corrected chi connectivity index (χ1v) is 7.17. The fourth-order valence-electron chi connectivity index (χ4n) is 2.24. The van der Waals surface area contributed by atoms with Crippen molar-refractivity contribution >= 4 is 10.8 Å². The molecule has 0 fully saturated rings. The van der Waals surface area contributed by atoms with E-state index in [9.17, 15) is 0 Å². The molecule has 2 aromatic carbocycles. The predicted octanol–water partition coefficient (Wildman–Crippen LogP) is 5.51. The Morgan fingerprint density at radius 3 is 2.25 bits per heavy atom. The van der Waals surface area contributed by atoms with Crippen molar-refractivity contribution < 1.29 is 1.43 Å². The van der Waals surface area contributed by atoms with Crippen LogP contribution in [0.25, 0.3) is 22.0 Å². The summed E-state index contributed by atoms with van der Waals surface area (Å²) in [7, 11) is 0. The van der Waals surface area contributed by atoms with Gasteiger partial charge in [-0.3, -0.25) is 0 Å². The van der Waals surface area contributed by atoms with Gasteiger partial charge in [0.2, 0.25) is 0 Å². The maximum absolute atomic E-state index is 4.27. The normalized spacial score (nSPS) is 10.2. The van der Waals surface area contributed by atoms with Crippen LogP contribution >= 0.6 is 0 Å². The average molecular weight is 268 g/mol. The van der Waals surface area contributed by atoms with Crippen LogP contribution in [0, 0.1) is 13.8 Å². The molecule has 0 saturated heterocycles. The topological polar surface area (TPSA) is 28.7 Å². The summed E-state index contributed by atoms with van der Waals surface area (Å²) in [5.41, 5.74) is 3.60. The van der Waals surface area contributed by atoms with Crippen LogP contribution in [0.3, 0.4) is 0 Å². The van der Waals surface area contributed by atoms with Crippen LogP contribution in [0.2, 0.25) is 0 Å². The summed E-state index contributed by atoms with van der Waals surface area (Å²) in [6.07, 6.45) is 3.15. The molecule has 106 valence electrons. The molecule has 1 N–H and O–H groups in total. The Bertz CT molecular complexity index is 701. The van der Waals surface area contributed by atoms with Gasteiger partial charge in [-0.15, -0.1) is 0 Å². The average Bonchev–Trinajstić information content (AvgIpc) is 2.87. The molecule has 1 heterocycles. The molecule has 0 saturated carbocycles. The number of imidazole rings is 1. The number of hydrogen-bond acceptors (Lipinski definition) is 1. The number of aromatic amines is 1. The van der Waals surface area contributed by atoms with Gasteiger partial charge in [-0.2, -0.15) is 0 Å². The molecule has 0 unspecified atom stereocenters. The van der Waals surface area contributed by atoms with Crippen LogP contribution in [0.4, 0.5) is 0 Å². The Morgan fingerprint density at radius 2 is 1.65 bits per heavy atom. The van der Waals surface area contributed by atoms with Gasteiger partial charge in [0.05, 0.1) is 11.9 Å². The lowest BCUT2D eigenvalue weighted by molar-refractivity contribution is 1.09. The zero-order valence-corrected chi connectivity index (χ0v) is 12.7. The smallest absolute Gasteiger partial charge is 0.103 e. The molecular formula is C18H24N2. The van der Waals surface area contributed by atoms with Crippen LogP contribution in [0.1, 0.15) is 33.1 Å². The maximum atomic E-state index is 4.27. The number of benzene rings is 2. The molecule has 0 radical (unpaired) electrons. The molecule has 0 atom stereocenters. The van der Waals surface area contributed by atoms with E-state index in [-0.39, 0.29) is 1.43 Å². The highest BCUT2D eigenvalue weighted by atomic mass is 14.9. The summed E-state index contributed by atoms with van der Waals surface area (Å²) in [5.74, 6) is 0.949. The Kier molecular flexibility index (Phi) is 4.57. The van der Waals surface area contributed by atoms with Crippen molar-refractivity contribution in [3.8, 4) is 11.3 Å². The van der Waals surface area contributed by atoms with Crippen molar-refractivity contribution in [1.29, 1.82) is 0 Å². The molecule has 0 amide bonds. The van der Waals surface area contributed by atoms with Crippen LogP contribution in [-0.2, 0) is 0 Å². The predicted molar refractivity (Wildman–Crippen MR) is 89.1 cm³/mol. The molecule has 1 aromatic heterocycles. The number of hydrogen-bond donors (Lipinski definition) is 1. The van der Waals surface area contributed by atoms with Crippen molar-refractivity contribution in [2.75, 3.05) is 0 Å². The molecule has 0 aliphatic carbocycles. The highest BCUT2D eigenvalue weighted by Crippen LogP contribution is 2.29. The highest BCUT2D eigenvalue weighted by molar-refractivity contribution is 5.97. The van der Waals surface area contributed by atoms with E-state index in [1.54, 1.807) is 0 Å². The molecule has 3 aromatic rings. The van der Waals surface area contributed by atoms with E-state index in [0.717, 1.165) is 11.5 Å². The summed E-state index contributed by atoms with van der Waals surface area (Å²) in [6, 6.07) is 12.8. The van der Waals surface area contributed by atoms with Gasteiger partial charge in [0.25, 0.3) is 0 Å². The first-order chi connectivity index (χ1) is 9.67. The Morgan fingerprint density at radius 1 is 1.00 bits per heavy atom. The third-order valence-electron chi connectivity index (χ3n) is 3.14. The molecule has 3 rings (SSSR count). The molecule has 2 nitrogen and oxygen atoms in total. The summed E-state index contributed by atoms with van der Waals surface area (Å²) in [5, 5.41) is 2.58. The molecule has 20 heavy (non-hydrogen) atoms. The Labute approximate surface area is 122 Å². The van der Waals surface area contributed by atoms with Gasteiger partial charge in [0.1, 0.15) is 5.82 Å². The number of H-pyrrole nitrogens is 1. The molecule has 0 aliphatic heterocycles. The van der Waals surface area contributed by atoms with E-state index < -0.39 is 0 Å². The van der Waals surface area contributed by atoms with E-state index in [0.29, 0.717) is 0 Å². The van der Waals surface area contributed by atoms with Crippen molar-refractivity contribution in [1.82, 2.24) is 9.97 Å². The van der Waals surface area contributed by atoms with Gasteiger partial charge in [-0.05, 0) is 30.2 Å². The SMILES string of the molecule is CCC.Cc1ncc(-c2ccc(C)c3ccccc23)[nH]1.[HH]. The van der Waals surface area contributed by atoms with Gasteiger partial charge < -0.3 is 4.98 Å². The van der Waals surface area contributed by atoms with Crippen molar-refractivity contribution in [3.05, 3.63) is 54.0 Å². The second kappa shape index (κ2) is 6.38. The van der Waals surface area contributed by atoms with Crippen molar-refractivity contribution in [3.63, 3.8) is 0 Å². The maximum Gasteiger partial charge on any atom is 0.103 e. The van der Waals surface area contributed by atoms with Crippen LogP contribution in [0.15, 0.2) is 42.6 Å². The number of rotatable bonds is 1. The Hall–Kier alpha value is -2.09. The fourth-order valence-corrected chi connectivity index (χ4v) is 2.24. The van der Waals surface area contributed by atoms with E-state index in [1.807, 2.05) is 13.1 Å². The summed E-state index contributed by atoms with van der Waals surface area (Å²) < 4.78 is 0. The van der Waals surface area contributed by atoms with Crippen molar-refractivity contribution in [2.24, 2.45) is 0 Å². The molecule has 0 spiro atoms. The number of fused-ring (bicyclic) bond motifs is 1. The van der Waals surface area contributed by atoms with Gasteiger partial charge in [-0.25, -0.2) is 4.98 Å². The van der Waals surface area contributed by atoms with E-state index >= 15 is 0 Å². The quantitative estimate of drug-likeness (QED) is 0.619. The second-order valence-electron chi connectivity index (χ2n) is 5.06. The zero-order valence-electron chi connectivity index (χ0n) is 12.7. The third-order valence-corrected chi connectivity index (χ3v) is 3.14. The molecular weight excluding hydrogens is 244 g/mol. The van der Waals surface area contributed by atoms with Crippen molar-refractivity contribution in [2.45, 2.75) is 34.1 Å². The lowest BCUT2D eigenvalue weighted by Crippen LogP contribution is -1.84. The minimum absolute atomic E-state index is 0. The summed E-state index contributed by atoms with van der Waals surface area (Å²) in [6.45, 7) is 8.37. The second-order valence-corrected chi connectivity index (χ2v) is 5.06. The van der Waals surface area contributed by atoms with Gasteiger partial charge in [0.15, 0.2) is 0 Å². The first kappa shape index (κ1) is 14.3. The fraction of sp³-hybridized carbons (Fsp3) is 0.278. The van der Waals surface area contributed by atoms with Crippen LogP contribution in [-0.4, -0.2) is 9.97 Å². The lowest BCUT2D eigenvalue weighted by Gasteiger charge is -2.07. The van der Waals surface area contributed by atoms with E-state index in [4.69, 9.17) is 0 Å². The van der Waals surface area contributed by atoms with E-state index in [1.165, 1.54) is 28.3 Å². The summed E-state index contributed by atoms with van der Waals surface area (Å²) in [4.78, 5) is 7.56. The highest BCUT2D eigenvalue weighted by Gasteiger charge is 2.06. The van der Waals surface area contributed by atoms with Crippen LogP contribution < -0.4 is 0 Å². The molecule has 2 heteroatoms. The van der Waals surface area contributed by atoms with Crippen LogP contribution in [0.5, 0.6) is 0 Å². The third kappa shape index (κ3) is 2.90. The minimum atomic E-state index is 0. The molecule has 0 aliphatic rings. The number of aromatic nitrogens is 2. The zero-order chi connectivity index (χ0) is 14.5. The monoisotopic (exact) mass is 268 g/mol. The molecule has 0 bridgehead atoms. The lowest BCUT2D eigenvalue weighted by atomic mass is 9.99.